The van der Waals surface area contributed by atoms with Crippen LogP contribution in [-0.4, -0.2) is 31.6 Å². The van der Waals surface area contributed by atoms with Gasteiger partial charge >= 0.3 is 0 Å². The van der Waals surface area contributed by atoms with E-state index in [1.807, 2.05) is 12.1 Å². The van der Waals surface area contributed by atoms with Crippen LogP contribution in [-0.2, 0) is 9.53 Å². The zero-order valence-electron chi connectivity index (χ0n) is 12.0. The van der Waals surface area contributed by atoms with E-state index in [9.17, 15) is 4.79 Å². The Kier molecular flexibility index (Phi) is 6.36. The number of carbonyl (C=O) groups is 1. The predicted octanol–water partition coefficient (Wildman–Crippen LogP) is 2.97. The number of carbonyl (C=O) groups excluding carboxylic acids is 1. The Morgan fingerprint density at radius 1 is 1.27 bits per heavy atom. The molecule has 2 aliphatic rings. The highest BCUT2D eigenvalue weighted by molar-refractivity contribution is 6.42. The average molecular weight is 366 g/mol. The summed E-state index contributed by atoms with van der Waals surface area (Å²) >= 11 is 12.1. The van der Waals surface area contributed by atoms with Crippen LogP contribution in [0.25, 0.3) is 0 Å². The van der Waals surface area contributed by atoms with Crippen LogP contribution >= 0.6 is 35.6 Å². The van der Waals surface area contributed by atoms with E-state index in [1.165, 1.54) is 0 Å². The SMILES string of the molecule is Cl.O=C(N[C@@H]1CNCCO[C@H]1c1ccc(Cl)c(Cl)c1)C1CC1. The predicted molar refractivity (Wildman–Crippen MR) is 89.9 cm³/mol. The van der Waals surface area contributed by atoms with Crippen LogP contribution in [0.4, 0.5) is 0 Å². The third-order valence-electron chi connectivity index (χ3n) is 3.85. The van der Waals surface area contributed by atoms with Gasteiger partial charge in [-0.25, -0.2) is 0 Å². The summed E-state index contributed by atoms with van der Waals surface area (Å²) in [7, 11) is 0. The van der Waals surface area contributed by atoms with Crippen LogP contribution in [0.2, 0.25) is 10.0 Å². The molecule has 0 unspecified atom stereocenters. The first-order valence-electron chi connectivity index (χ1n) is 7.23. The molecule has 1 aliphatic carbocycles. The summed E-state index contributed by atoms with van der Waals surface area (Å²) in [6.07, 6.45) is 1.77. The summed E-state index contributed by atoms with van der Waals surface area (Å²) < 4.78 is 5.92. The van der Waals surface area contributed by atoms with Crippen molar-refractivity contribution < 1.29 is 9.53 Å². The number of amides is 1. The Morgan fingerprint density at radius 2 is 2.05 bits per heavy atom. The Hall–Kier alpha value is -0.520. The third-order valence-corrected chi connectivity index (χ3v) is 4.59. The van der Waals surface area contributed by atoms with Crippen molar-refractivity contribution in [3.05, 3.63) is 33.8 Å². The monoisotopic (exact) mass is 364 g/mol. The van der Waals surface area contributed by atoms with Gasteiger partial charge in [-0.15, -0.1) is 12.4 Å². The van der Waals surface area contributed by atoms with Gasteiger partial charge in [0.25, 0.3) is 0 Å². The van der Waals surface area contributed by atoms with Gasteiger partial charge in [0.1, 0.15) is 6.10 Å². The zero-order valence-corrected chi connectivity index (χ0v) is 14.3. The molecule has 22 heavy (non-hydrogen) atoms. The molecular weight excluding hydrogens is 347 g/mol. The van der Waals surface area contributed by atoms with Crippen molar-refractivity contribution >= 4 is 41.5 Å². The maximum absolute atomic E-state index is 12.0. The summed E-state index contributed by atoms with van der Waals surface area (Å²) in [5.41, 5.74) is 0.939. The second-order valence-corrected chi connectivity index (χ2v) is 6.37. The number of benzene rings is 1. The fourth-order valence-corrected chi connectivity index (χ4v) is 2.84. The lowest BCUT2D eigenvalue weighted by Gasteiger charge is -2.26. The van der Waals surface area contributed by atoms with Crippen molar-refractivity contribution in [2.24, 2.45) is 5.92 Å². The van der Waals surface area contributed by atoms with Gasteiger partial charge in [-0.2, -0.15) is 0 Å². The summed E-state index contributed by atoms with van der Waals surface area (Å²) in [6.45, 7) is 2.05. The molecular formula is C15H19Cl3N2O2. The highest BCUT2D eigenvalue weighted by Gasteiger charge is 2.34. The molecule has 7 heteroatoms. The summed E-state index contributed by atoms with van der Waals surface area (Å²) in [5, 5.41) is 7.41. The molecule has 1 saturated carbocycles. The number of ether oxygens (including phenoxy) is 1. The number of halogens is 3. The van der Waals surface area contributed by atoms with Gasteiger partial charge in [0.15, 0.2) is 0 Å². The van der Waals surface area contributed by atoms with E-state index in [4.69, 9.17) is 27.9 Å². The van der Waals surface area contributed by atoms with Crippen molar-refractivity contribution in [3.63, 3.8) is 0 Å². The molecule has 3 rings (SSSR count). The highest BCUT2D eigenvalue weighted by Crippen LogP contribution is 2.32. The van der Waals surface area contributed by atoms with E-state index in [2.05, 4.69) is 10.6 Å². The van der Waals surface area contributed by atoms with Crippen molar-refractivity contribution in [3.8, 4) is 0 Å². The Morgan fingerprint density at radius 3 is 2.73 bits per heavy atom. The Balaban J connectivity index is 0.00000176. The molecule has 0 bridgehead atoms. The minimum atomic E-state index is -0.211. The van der Waals surface area contributed by atoms with Crippen LogP contribution in [0.3, 0.4) is 0 Å². The normalized spacial score (nSPS) is 25.0. The number of hydrogen-bond acceptors (Lipinski definition) is 3. The van der Waals surface area contributed by atoms with Gasteiger partial charge in [0, 0.05) is 19.0 Å². The molecule has 1 aromatic rings. The minimum absolute atomic E-state index is 0. The molecule has 2 N–H and O–H groups in total. The first-order valence-corrected chi connectivity index (χ1v) is 7.98. The Labute approximate surface area is 146 Å². The minimum Gasteiger partial charge on any atom is -0.370 e. The molecule has 2 atom stereocenters. The number of nitrogens with one attached hydrogen (secondary N) is 2. The van der Waals surface area contributed by atoms with Crippen molar-refractivity contribution in [2.45, 2.75) is 25.0 Å². The largest absolute Gasteiger partial charge is 0.370 e. The number of rotatable bonds is 3. The molecule has 1 amide bonds. The average Bonchev–Trinajstić information content (AvgIpc) is 3.29. The van der Waals surface area contributed by atoms with E-state index in [0.29, 0.717) is 23.2 Å². The second-order valence-electron chi connectivity index (χ2n) is 5.56. The summed E-state index contributed by atoms with van der Waals surface area (Å²) in [5.74, 6) is 0.306. The molecule has 122 valence electrons. The molecule has 1 aromatic carbocycles. The van der Waals surface area contributed by atoms with Crippen molar-refractivity contribution in [1.82, 2.24) is 10.6 Å². The van der Waals surface area contributed by atoms with E-state index < -0.39 is 0 Å². The van der Waals surface area contributed by atoms with E-state index in [1.54, 1.807) is 6.07 Å². The maximum atomic E-state index is 12.0. The second kappa shape index (κ2) is 7.84. The summed E-state index contributed by atoms with van der Waals surface area (Å²) in [6, 6.07) is 5.38. The molecule has 1 saturated heterocycles. The third kappa shape index (κ3) is 4.27. The molecule has 0 radical (unpaired) electrons. The molecule has 1 heterocycles. The molecule has 1 aliphatic heterocycles. The number of hydrogen-bond donors (Lipinski definition) is 2. The van der Waals surface area contributed by atoms with Crippen molar-refractivity contribution in [1.29, 1.82) is 0 Å². The maximum Gasteiger partial charge on any atom is 0.223 e. The van der Waals surface area contributed by atoms with Crippen LogP contribution < -0.4 is 10.6 Å². The molecule has 2 fully saturated rings. The van der Waals surface area contributed by atoms with E-state index in [0.717, 1.165) is 24.9 Å². The first-order chi connectivity index (χ1) is 10.1. The van der Waals surface area contributed by atoms with Gasteiger partial charge in [-0.05, 0) is 30.5 Å². The molecule has 0 spiro atoms. The Bertz CT molecular complexity index is 538. The van der Waals surface area contributed by atoms with Crippen molar-refractivity contribution in [2.75, 3.05) is 19.7 Å². The van der Waals surface area contributed by atoms with Crippen LogP contribution in [0, 0.1) is 5.92 Å². The van der Waals surface area contributed by atoms with Crippen LogP contribution in [0.5, 0.6) is 0 Å². The van der Waals surface area contributed by atoms with Gasteiger partial charge in [-0.3, -0.25) is 4.79 Å². The quantitative estimate of drug-likeness (QED) is 0.866. The standard InChI is InChI=1S/C15H18Cl2N2O2.ClH/c16-11-4-3-10(7-12(11)17)14-13(8-18-5-6-21-14)19-15(20)9-1-2-9;/h3-4,7,9,13-14,18H,1-2,5-6,8H2,(H,19,20);1H/t13-,14+;/m1./s1. The van der Waals surface area contributed by atoms with Crippen LogP contribution in [0.15, 0.2) is 18.2 Å². The topological polar surface area (TPSA) is 50.4 Å². The highest BCUT2D eigenvalue weighted by atomic mass is 35.5. The van der Waals surface area contributed by atoms with E-state index in [-0.39, 0.29) is 36.4 Å². The van der Waals surface area contributed by atoms with Crippen LogP contribution in [0.1, 0.15) is 24.5 Å². The van der Waals surface area contributed by atoms with Gasteiger partial charge in [0.2, 0.25) is 5.91 Å². The smallest absolute Gasteiger partial charge is 0.223 e. The van der Waals surface area contributed by atoms with Gasteiger partial charge < -0.3 is 15.4 Å². The van der Waals surface area contributed by atoms with Gasteiger partial charge in [0.05, 0.1) is 22.7 Å². The molecule has 0 aromatic heterocycles. The van der Waals surface area contributed by atoms with E-state index >= 15 is 0 Å². The lowest BCUT2D eigenvalue weighted by Crippen LogP contribution is -2.45. The zero-order chi connectivity index (χ0) is 14.8. The fourth-order valence-electron chi connectivity index (χ4n) is 2.53. The lowest BCUT2D eigenvalue weighted by atomic mass is 10.0. The fraction of sp³-hybridized carbons (Fsp3) is 0.533. The van der Waals surface area contributed by atoms with Gasteiger partial charge in [-0.1, -0.05) is 29.3 Å². The lowest BCUT2D eigenvalue weighted by molar-refractivity contribution is -0.124. The summed E-state index contributed by atoms with van der Waals surface area (Å²) in [4.78, 5) is 12.0. The molecule has 4 nitrogen and oxygen atoms in total. The first kappa shape index (κ1) is 17.8.